The first-order valence-corrected chi connectivity index (χ1v) is 11.5. The molecule has 1 aromatic heterocycles. The summed E-state index contributed by atoms with van der Waals surface area (Å²) >= 11 is 3.39. The van der Waals surface area contributed by atoms with Crippen LogP contribution in [-0.4, -0.2) is 23.5 Å². The SMILES string of the molecule is CC(=O)ONC(CCSc1ccccc1)C(=O)c1ccc2sc3ccccc3c2c1. The lowest BCUT2D eigenvalue weighted by Gasteiger charge is -2.16. The van der Waals surface area contributed by atoms with Crippen LogP contribution < -0.4 is 5.48 Å². The van der Waals surface area contributed by atoms with Crippen molar-refractivity contribution in [1.29, 1.82) is 0 Å². The minimum absolute atomic E-state index is 0.0814. The van der Waals surface area contributed by atoms with E-state index in [1.165, 1.54) is 11.6 Å². The van der Waals surface area contributed by atoms with Crippen LogP contribution in [0.25, 0.3) is 20.2 Å². The number of hydroxylamine groups is 1. The largest absolute Gasteiger partial charge is 0.370 e. The molecule has 4 nitrogen and oxygen atoms in total. The second kappa shape index (κ2) is 9.43. The fourth-order valence-corrected chi connectivity index (χ4v) is 5.31. The number of carbonyl (C=O) groups excluding carboxylic acids is 2. The topological polar surface area (TPSA) is 55.4 Å². The van der Waals surface area contributed by atoms with Crippen LogP contribution in [0.2, 0.25) is 0 Å². The summed E-state index contributed by atoms with van der Waals surface area (Å²) in [4.78, 5) is 30.6. The average molecular weight is 436 g/mol. The van der Waals surface area contributed by atoms with Gasteiger partial charge in [-0.1, -0.05) is 36.4 Å². The summed E-state index contributed by atoms with van der Waals surface area (Å²) in [7, 11) is 0. The Bertz CT molecular complexity index is 1190. The number of thioether (sulfide) groups is 1. The zero-order valence-corrected chi connectivity index (χ0v) is 18.1. The third kappa shape index (κ3) is 4.73. The van der Waals surface area contributed by atoms with Gasteiger partial charge >= 0.3 is 5.97 Å². The third-order valence-corrected chi connectivity index (χ3v) is 6.94. The minimum atomic E-state index is -0.604. The van der Waals surface area contributed by atoms with Gasteiger partial charge in [0.2, 0.25) is 0 Å². The second-order valence-electron chi connectivity index (χ2n) is 6.89. The molecule has 0 aliphatic heterocycles. The van der Waals surface area contributed by atoms with Gasteiger partial charge in [-0.2, -0.15) is 0 Å². The number of thiophene rings is 1. The summed E-state index contributed by atoms with van der Waals surface area (Å²) in [5.74, 6) is 0.170. The van der Waals surface area contributed by atoms with E-state index in [1.54, 1.807) is 23.1 Å². The highest BCUT2D eigenvalue weighted by Crippen LogP contribution is 2.34. The molecule has 0 saturated carbocycles. The zero-order valence-electron chi connectivity index (χ0n) is 16.5. The molecule has 0 aliphatic rings. The Hall–Kier alpha value is -2.67. The van der Waals surface area contributed by atoms with Gasteiger partial charge in [0.25, 0.3) is 0 Å². The zero-order chi connectivity index (χ0) is 20.9. The molecule has 0 amide bonds. The molecule has 1 heterocycles. The van der Waals surface area contributed by atoms with E-state index in [9.17, 15) is 9.59 Å². The van der Waals surface area contributed by atoms with Crippen molar-refractivity contribution >= 4 is 55.0 Å². The van der Waals surface area contributed by atoms with Crippen LogP contribution in [0.15, 0.2) is 77.7 Å². The predicted octanol–water partition coefficient (Wildman–Crippen LogP) is 5.86. The molecular formula is C24H21NO3S2. The van der Waals surface area contributed by atoms with Gasteiger partial charge in [0.1, 0.15) is 6.04 Å². The molecule has 0 fully saturated rings. The van der Waals surface area contributed by atoms with Gasteiger partial charge in [0.05, 0.1) is 0 Å². The van der Waals surface area contributed by atoms with Crippen LogP contribution in [0.3, 0.4) is 0 Å². The molecule has 0 bridgehead atoms. The van der Waals surface area contributed by atoms with Crippen LogP contribution in [0.5, 0.6) is 0 Å². The molecule has 0 radical (unpaired) electrons. The first-order valence-electron chi connectivity index (χ1n) is 9.68. The molecule has 30 heavy (non-hydrogen) atoms. The van der Waals surface area contributed by atoms with E-state index in [0.717, 1.165) is 26.1 Å². The molecule has 1 unspecified atom stereocenters. The first-order chi connectivity index (χ1) is 14.6. The summed E-state index contributed by atoms with van der Waals surface area (Å²) in [6.45, 7) is 1.32. The molecule has 152 valence electrons. The Morgan fingerprint density at radius 3 is 2.50 bits per heavy atom. The highest BCUT2D eigenvalue weighted by Gasteiger charge is 2.22. The summed E-state index contributed by atoms with van der Waals surface area (Å²) in [6.07, 6.45) is 0.536. The van der Waals surface area contributed by atoms with Gasteiger partial charge in [-0.3, -0.25) is 9.59 Å². The Labute approximate surface area is 183 Å². The highest BCUT2D eigenvalue weighted by atomic mass is 32.2. The monoisotopic (exact) mass is 435 g/mol. The quantitative estimate of drug-likeness (QED) is 0.214. The average Bonchev–Trinajstić information content (AvgIpc) is 3.14. The van der Waals surface area contributed by atoms with Gasteiger partial charge < -0.3 is 4.84 Å². The fourth-order valence-electron chi connectivity index (χ4n) is 3.29. The Morgan fingerprint density at radius 1 is 0.967 bits per heavy atom. The molecule has 0 saturated heterocycles. The van der Waals surface area contributed by atoms with Gasteiger partial charge in [-0.05, 0) is 42.8 Å². The minimum Gasteiger partial charge on any atom is -0.370 e. The maximum atomic E-state index is 13.2. The maximum absolute atomic E-state index is 13.2. The molecule has 0 aliphatic carbocycles. The van der Waals surface area contributed by atoms with E-state index in [0.29, 0.717) is 12.0 Å². The number of fused-ring (bicyclic) bond motifs is 3. The van der Waals surface area contributed by atoms with Crippen molar-refractivity contribution < 1.29 is 14.4 Å². The summed E-state index contributed by atoms with van der Waals surface area (Å²) in [5.41, 5.74) is 3.28. The van der Waals surface area contributed by atoms with Crippen molar-refractivity contribution in [3.63, 3.8) is 0 Å². The van der Waals surface area contributed by atoms with Gasteiger partial charge in [0, 0.05) is 43.3 Å². The van der Waals surface area contributed by atoms with Crippen LogP contribution in [0.1, 0.15) is 23.7 Å². The van der Waals surface area contributed by atoms with Crippen molar-refractivity contribution in [3.8, 4) is 0 Å². The lowest BCUT2D eigenvalue weighted by atomic mass is 10.0. The molecule has 4 aromatic rings. The van der Waals surface area contributed by atoms with Crippen LogP contribution in [-0.2, 0) is 9.63 Å². The smallest absolute Gasteiger partial charge is 0.321 e. The van der Waals surface area contributed by atoms with Gasteiger partial charge in [0.15, 0.2) is 5.78 Å². The van der Waals surface area contributed by atoms with E-state index in [1.807, 2.05) is 60.7 Å². The number of benzene rings is 3. The number of hydrogen-bond donors (Lipinski definition) is 1. The number of Topliss-reactive ketones (excluding diaryl/α,β-unsaturated/α-hetero) is 1. The molecule has 3 aromatic carbocycles. The van der Waals surface area contributed by atoms with Gasteiger partial charge in [-0.25, -0.2) is 0 Å². The predicted molar refractivity (Wildman–Crippen MR) is 124 cm³/mol. The molecule has 0 spiro atoms. The lowest BCUT2D eigenvalue weighted by molar-refractivity contribution is -0.149. The number of nitrogens with one attached hydrogen (secondary N) is 1. The number of ketones is 1. The number of carbonyl (C=O) groups is 2. The van der Waals surface area contributed by atoms with Crippen molar-refractivity contribution in [2.75, 3.05) is 5.75 Å². The van der Waals surface area contributed by atoms with Crippen molar-refractivity contribution in [3.05, 3.63) is 78.4 Å². The Kier molecular flexibility index (Phi) is 6.47. The highest BCUT2D eigenvalue weighted by molar-refractivity contribution is 7.99. The number of hydrogen-bond acceptors (Lipinski definition) is 6. The van der Waals surface area contributed by atoms with E-state index >= 15 is 0 Å². The van der Waals surface area contributed by atoms with Crippen molar-refractivity contribution in [2.45, 2.75) is 24.3 Å². The van der Waals surface area contributed by atoms with Crippen LogP contribution in [0.4, 0.5) is 0 Å². The fraction of sp³-hybridized carbons (Fsp3) is 0.167. The molecule has 1 N–H and O–H groups in total. The molecule has 4 rings (SSSR count). The van der Waals surface area contributed by atoms with E-state index < -0.39 is 12.0 Å². The molecule has 1 atom stereocenters. The first kappa shape index (κ1) is 20.6. The Morgan fingerprint density at radius 2 is 1.70 bits per heavy atom. The summed E-state index contributed by atoms with van der Waals surface area (Å²) in [5, 5.41) is 2.22. The second-order valence-corrected chi connectivity index (χ2v) is 9.14. The standard InChI is InChI=1S/C24H21NO3S2/c1-16(26)28-25-21(13-14-29-18-7-3-2-4-8-18)24(27)17-11-12-23-20(15-17)19-9-5-6-10-22(19)30-23/h2-12,15,21,25H,13-14H2,1H3. The normalized spacial score (nSPS) is 12.2. The van der Waals surface area contributed by atoms with E-state index in [4.69, 9.17) is 4.84 Å². The van der Waals surface area contributed by atoms with Crippen molar-refractivity contribution in [2.24, 2.45) is 0 Å². The van der Waals surface area contributed by atoms with Crippen LogP contribution in [0, 0.1) is 0 Å². The maximum Gasteiger partial charge on any atom is 0.321 e. The molecule has 6 heteroatoms. The number of rotatable bonds is 8. The van der Waals surface area contributed by atoms with Crippen molar-refractivity contribution in [1.82, 2.24) is 5.48 Å². The lowest BCUT2D eigenvalue weighted by Crippen LogP contribution is -2.38. The summed E-state index contributed by atoms with van der Waals surface area (Å²) < 4.78 is 2.35. The van der Waals surface area contributed by atoms with Gasteiger partial charge in [-0.15, -0.1) is 28.6 Å². The van der Waals surface area contributed by atoms with Crippen LogP contribution >= 0.6 is 23.1 Å². The Balaban J connectivity index is 1.55. The summed E-state index contributed by atoms with van der Waals surface area (Å²) in [6, 6.07) is 23.4. The van der Waals surface area contributed by atoms with E-state index in [2.05, 4.69) is 17.6 Å². The third-order valence-electron chi connectivity index (χ3n) is 4.74. The van der Waals surface area contributed by atoms with E-state index in [-0.39, 0.29) is 5.78 Å². The molecular weight excluding hydrogens is 414 g/mol.